The van der Waals surface area contributed by atoms with Gasteiger partial charge in [0.25, 0.3) is 0 Å². The predicted octanol–water partition coefficient (Wildman–Crippen LogP) is 4.76. The van der Waals surface area contributed by atoms with Gasteiger partial charge in [0.05, 0.1) is 12.2 Å². The molecule has 0 spiro atoms. The highest BCUT2D eigenvalue weighted by Gasteiger charge is 2.10. The number of aromatic carboxylic acids is 1. The lowest BCUT2D eigenvalue weighted by Crippen LogP contribution is -1.99. The Morgan fingerprint density at radius 3 is 2.16 bits per heavy atom. The van der Waals surface area contributed by atoms with Crippen LogP contribution in [0, 0.1) is 0 Å². The summed E-state index contributed by atoms with van der Waals surface area (Å²) in [6.45, 7) is 0.973. The van der Waals surface area contributed by atoms with E-state index in [0.717, 1.165) is 43.4 Å². The van der Waals surface area contributed by atoms with Gasteiger partial charge in [0.1, 0.15) is 5.75 Å². The van der Waals surface area contributed by atoms with E-state index in [2.05, 4.69) is 0 Å². The standard InChI is InChI=1S/C21H26O4/c22-15-7-3-1-2-4-8-16-25-18-13-11-17(12-14-18)19-9-5-6-10-20(19)21(23)24/h5-6,9-14,22H,1-4,7-8,15-16H2,(H,23,24). The van der Waals surface area contributed by atoms with Crippen LogP contribution in [0.15, 0.2) is 48.5 Å². The second-order valence-electron chi connectivity index (χ2n) is 6.07. The van der Waals surface area contributed by atoms with Gasteiger partial charge in [-0.15, -0.1) is 0 Å². The molecule has 4 heteroatoms. The molecule has 25 heavy (non-hydrogen) atoms. The van der Waals surface area contributed by atoms with Crippen molar-refractivity contribution in [3.63, 3.8) is 0 Å². The molecule has 0 amide bonds. The van der Waals surface area contributed by atoms with Crippen molar-refractivity contribution in [2.24, 2.45) is 0 Å². The zero-order chi connectivity index (χ0) is 17.9. The van der Waals surface area contributed by atoms with E-state index in [1.165, 1.54) is 6.42 Å². The fourth-order valence-corrected chi connectivity index (χ4v) is 2.76. The van der Waals surface area contributed by atoms with Crippen LogP contribution >= 0.6 is 0 Å². The third kappa shape index (κ3) is 6.24. The van der Waals surface area contributed by atoms with Crippen molar-refractivity contribution in [1.29, 1.82) is 0 Å². The number of unbranched alkanes of at least 4 members (excludes halogenated alkanes) is 5. The van der Waals surface area contributed by atoms with E-state index in [4.69, 9.17) is 9.84 Å². The van der Waals surface area contributed by atoms with Gasteiger partial charge in [-0.3, -0.25) is 0 Å². The van der Waals surface area contributed by atoms with Crippen molar-refractivity contribution < 1.29 is 19.7 Å². The Kier molecular flexibility index (Phi) is 7.99. The van der Waals surface area contributed by atoms with E-state index in [0.29, 0.717) is 17.7 Å². The first kappa shape index (κ1) is 19.0. The highest BCUT2D eigenvalue weighted by atomic mass is 16.5. The van der Waals surface area contributed by atoms with E-state index in [1.54, 1.807) is 12.1 Å². The monoisotopic (exact) mass is 342 g/mol. The van der Waals surface area contributed by atoms with Gasteiger partial charge in [-0.05, 0) is 42.2 Å². The van der Waals surface area contributed by atoms with Crippen LogP contribution < -0.4 is 4.74 Å². The summed E-state index contributed by atoms with van der Waals surface area (Å²) in [5, 5.41) is 18.0. The van der Waals surface area contributed by atoms with Gasteiger partial charge < -0.3 is 14.9 Å². The third-order valence-electron chi connectivity index (χ3n) is 4.14. The van der Waals surface area contributed by atoms with Crippen molar-refractivity contribution in [3.05, 3.63) is 54.1 Å². The number of rotatable bonds is 11. The van der Waals surface area contributed by atoms with Gasteiger partial charge in [-0.2, -0.15) is 0 Å². The lowest BCUT2D eigenvalue weighted by molar-refractivity contribution is 0.0697. The maximum atomic E-state index is 11.3. The molecule has 0 fully saturated rings. The summed E-state index contributed by atoms with van der Waals surface area (Å²) in [7, 11) is 0. The van der Waals surface area contributed by atoms with Crippen LogP contribution in [0.1, 0.15) is 48.9 Å². The van der Waals surface area contributed by atoms with E-state index in [9.17, 15) is 9.90 Å². The zero-order valence-electron chi connectivity index (χ0n) is 14.5. The minimum absolute atomic E-state index is 0.288. The average Bonchev–Trinajstić information content (AvgIpc) is 2.64. The van der Waals surface area contributed by atoms with Gasteiger partial charge in [0, 0.05) is 6.61 Å². The molecule has 0 aliphatic carbocycles. The minimum Gasteiger partial charge on any atom is -0.494 e. The first-order valence-electron chi connectivity index (χ1n) is 8.89. The van der Waals surface area contributed by atoms with Crippen molar-refractivity contribution in [2.75, 3.05) is 13.2 Å². The lowest BCUT2D eigenvalue weighted by atomic mass is 10.00. The van der Waals surface area contributed by atoms with Crippen LogP contribution in [0.4, 0.5) is 0 Å². The molecule has 0 saturated heterocycles. The van der Waals surface area contributed by atoms with E-state index in [1.807, 2.05) is 36.4 Å². The third-order valence-corrected chi connectivity index (χ3v) is 4.14. The Morgan fingerprint density at radius 1 is 0.840 bits per heavy atom. The molecule has 0 bridgehead atoms. The van der Waals surface area contributed by atoms with Crippen LogP contribution in [-0.2, 0) is 0 Å². The smallest absolute Gasteiger partial charge is 0.336 e. The molecule has 0 unspecified atom stereocenters. The van der Waals surface area contributed by atoms with Crippen LogP contribution in [-0.4, -0.2) is 29.4 Å². The molecule has 0 atom stereocenters. The first-order valence-corrected chi connectivity index (χ1v) is 8.89. The molecule has 2 N–H and O–H groups in total. The highest BCUT2D eigenvalue weighted by molar-refractivity contribution is 5.96. The maximum Gasteiger partial charge on any atom is 0.336 e. The summed E-state index contributed by atoms with van der Waals surface area (Å²) < 4.78 is 5.75. The average molecular weight is 342 g/mol. The topological polar surface area (TPSA) is 66.8 Å². The Bertz CT molecular complexity index is 649. The molecule has 4 nitrogen and oxygen atoms in total. The molecule has 2 aromatic rings. The van der Waals surface area contributed by atoms with Crippen LogP contribution in [0.25, 0.3) is 11.1 Å². The molecule has 134 valence electrons. The summed E-state index contributed by atoms with van der Waals surface area (Å²) in [5.41, 5.74) is 1.89. The van der Waals surface area contributed by atoms with E-state index in [-0.39, 0.29) is 6.61 Å². The summed E-state index contributed by atoms with van der Waals surface area (Å²) >= 11 is 0. The van der Waals surface area contributed by atoms with E-state index >= 15 is 0 Å². The Hall–Kier alpha value is -2.33. The van der Waals surface area contributed by atoms with E-state index < -0.39 is 5.97 Å². The number of carbonyl (C=O) groups is 1. The molecule has 0 radical (unpaired) electrons. The molecule has 2 rings (SSSR count). The number of carboxylic acid groups (broad SMARTS) is 1. The number of aliphatic hydroxyl groups excluding tert-OH is 1. The van der Waals surface area contributed by atoms with Gasteiger partial charge in [-0.25, -0.2) is 4.79 Å². The largest absolute Gasteiger partial charge is 0.494 e. The fourth-order valence-electron chi connectivity index (χ4n) is 2.76. The molecule has 0 aliphatic heterocycles. The lowest BCUT2D eigenvalue weighted by Gasteiger charge is -2.09. The molecule has 0 aliphatic rings. The molecule has 0 heterocycles. The Labute approximate surface area is 149 Å². The molecule has 2 aromatic carbocycles. The SMILES string of the molecule is O=C(O)c1ccccc1-c1ccc(OCCCCCCCCO)cc1. The van der Waals surface area contributed by atoms with Crippen LogP contribution in [0.2, 0.25) is 0 Å². The number of aliphatic hydroxyl groups is 1. The van der Waals surface area contributed by atoms with Crippen molar-refractivity contribution in [2.45, 2.75) is 38.5 Å². The quantitative estimate of drug-likeness (QED) is 0.578. The number of hydrogen-bond donors (Lipinski definition) is 2. The summed E-state index contributed by atoms with van der Waals surface area (Å²) in [5.74, 6) is -0.119. The summed E-state index contributed by atoms with van der Waals surface area (Å²) in [4.78, 5) is 11.3. The summed E-state index contributed by atoms with van der Waals surface area (Å²) in [6, 6.07) is 14.6. The maximum absolute atomic E-state index is 11.3. The molecular weight excluding hydrogens is 316 g/mol. The normalized spacial score (nSPS) is 10.6. The van der Waals surface area contributed by atoms with Crippen molar-refractivity contribution >= 4 is 5.97 Å². The highest BCUT2D eigenvalue weighted by Crippen LogP contribution is 2.26. The predicted molar refractivity (Wildman–Crippen MR) is 99.1 cm³/mol. The van der Waals surface area contributed by atoms with Crippen LogP contribution in [0.5, 0.6) is 5.75 Å². The minimum atomic E-state index is -0.921. The second-order valence-corrected chi connectivity index (χ2v) is 6.07. The number of carboxylic acids is 1. The van der Waals surface area contributed by atoms with Gasteiger partial charge in [0.2, 0.25) is 0 Å². The van der Waals surface area contributed by atoms with Crippen molar-refractivity contribution in [1.82, 2.24) is 0 Å². The fraction of sp³-hybridized carbons (Fsp3) is 0.381. The molecule has 0 saturated carbocycles. The van der Waals surface area contributed by atoms with Crippen LogP contribution in [0.3, 0.4) is 0 Å². The van der Waals surface area contributed by atoms with Gasteiger partial charge in [-0.1, -0.05) is 56.0 Å². The van der Waals surface area contributed by atoms with Gasteiger partial charge >= 0.3 is 5.97 Å². The number of ether oxygens (including phenoxy) is 1. The number of benzene rings is 2. The molecular formula is C21H26O4. The Balaban J connectivity index is 1.80. The van der Waals surface area contributed by atoms with Crippen molar-refractivity contribution in [3.8, 4) is 16.9 Å². The van der Waals surface area contributed by atoms with Gasteiger partial charge in [0.15, 0.2) is 0 Å². The Morgan fingerprint density at radius 2 is 1.48 bits per heavy atom. The second kappa shape index (κ2) is 10.5. The number of hydrogen-bond acceptors (Lipinski definition) is 3. The first-order chi connectivity index (χ1) is 12.2. The zero-order valence-corrected chi connectivity index (χ0v) is 14.5. The molecule has 0 aromatic heterocycles. The summed E-state index contributed by atoms with van der Waals surface area (Å²) in [6.07, 6.45) is 6.48.